The van der Waals surface area contributed by atoms with E-state index in [1.807, 2.05) is 12.1 Å². The molecular formula is C15H23NO3. The van der Waals surface area contributed by atoms with E-state index < -0.39 is 5.97 Å². The highest BCUT2D eigenvalue weighted by Gasteiger charge is 2.03. The lowest BCUT2D eigenvalue weighted by atomic mass is 10.1. The van der Waals surface area contributed by atoms with Crippen molar-refractivity contribution in [1.29, 1.82) is 0 Å². The van der Waals surface area contributed by atoms with Crippen molar-refractivity contribution in [3.05, 3.63) is 29.8 Å². The van der Waals surface area contributed by atoms with E-state index in [1.54, 1.807) is 12.1 Å². The number of carbonyl (C=O) groups is 1. The first kappa shape index (κ1) is 15.5. The molecule has 0 heterocycles. The van der Waals surface area contributed by atoms with Crippen LogP contribution in [0.1, 0.15) is 19.4 Å². The topological polar surface area (TPSA) is 49.8 Å². The number of ether oxygens (including phenoxy) is 1. The molecular weight excluding hydrogens is 242 g/mol. The van der Waals surface area contributed by atoms with Gasteiger partial charge in [0, 0.05) is 13.1 Å². The number of hydrogen-bond acceptors (Lipinski definition) is 3. The first-order valence-electron chi connectivity index (χ1n) is 6.59. The molecule has 4 heteroatoms. The highest BCUT2D eigenvalue weighted by molar-refractivity contribution is 5.70. The fourth-order valence-electron chi connectivity index (χ4n) is 1.91. The summed E-state index contributed by atoms with van der Waals surface area (Å²) in [7, 11) is 2.08. The van der Waals surface area contributed by atoms with Gasteiger partial charge in [-0.15, -0.1) is 0 Å². The number of hydrogen-bond donors (Lipinski definition) is 1. The van der Waals surface area contributed by atoms with Crippen molar-refractivity contribution < 1.29 is 14.6 Å². The Labute approximate surface area is 115 Å². The molecule has 0 saturated heterocycles. The standard InChI is InChI=1S/C15H23NO3/c1-12(2)11-16(3)8-9-19-14-6-4-13(5-7-14)10-15(17)18/h4-7,12H,8-11H2,1-3H3,(H,17,18). The number of rotatable bonds is 8. The Kier molecular flexibility index (Phi) is 6.36. The molecule has 1 aromatic carbocycles. The molecule has 0 unspecified atom stereocenters. The molecule has 19 heavy (non-hydrogen) atoms. The summed E-state index contributed by atoms with van der Waals surface area (Å²) in [5.74, 6) is 0.622. The zero-order valence-electron chi connectivity index (χ0n) is 11.9. The van der Waals surface area contributed by atoms with Gasteiger partial charge in [0.05, 0.1) is 6.42 Å². The molecule has 1 N–H and O–H groups in total. The van der Waals surface area contributed by atoms with Crippen LogP contribution in [0.25, 0.3) is 0 Å². The summed E-state index contributed by atoms with van der Waals surface area (Å²) in [4.78, 5) is 12.8. The molecule has 0 aromatic heterocycles. The lowest BCUT2D eigenvalue weighted by Crippen LogP contribution is -2.27. The van der Waals surface area contributed by atoms with Crippen LogP contribution < -0.4 is 4.74 Å². The smallest absolute Gasteiger partial charge is 0.307 e. The van der Waals surface area contributed by atoms with Gasteiger partial charge in [-0.1, -0.05) is 26.0 Å². The lowest BCUT2D eigenvalue weighted by Gasteiger charge is -2.18. The zero-order valence-corrected chi connectivity index (χ0v) is 11.9. The summed E-state index contributed by atoms with van der Waals surface area (Å²) in [6, 6.07) is 7.23. The van der Waals surface area contributed by atoms with Gasteiger partial charge in [0.15, 0.2) is 0 Å². The summed E-state index contributed by atoms with van der Waals surface area (Å²) in [6.45, 7) is 6.97. The maximum Gasteiger partial charge on any atom is 0.307 e. The number of likely N-dealkylation sites (N-methyl/N-ethyl adjacent to an activating group) is 1. The van der Waals surface area contributed by atoms with Crippen LogP contribution >= 0.6 is 0 Å². The van der Waals surface area contributed by atoms with E-state index in [9.17, 15) is 4.79 Å². The monoisotopic (exact) mass is 265 g/mol. The number of carboxylic acids is 1. The normalized spacial score (nSPS) is 11.0. The maximum absolute atomic E-state index is 10.6. The minimum absolute atomic E-state index is 0.0530. The molecule has 1 aromatic rings. The van der Waals surface area contributed by atoms with Crippen LogP contribution in [0.15, 0.2) is 24.3 Å². The van der Waals surface area contributed by atoms with Crippen LogP contribution in [0.4, 0.5) is 0 Å². The highest BCUT2D eigenvalue weighted by Crippen LogP contribution is 2.12. The fourth-order valence-corrected chi connectivity index (χ4v) is 1.91. The quantitative estimate of drug-likeness (QED) is 0.783. The Morgan fingerprint density at radius 3 is 2.47 bits per heavy atom. The van der Waals surface area contributed by atoms with Gasteiger partial charge in [0.2, 0.25) is 0 Å². The Balaban J connectivity index is 2.31. The molecule has 0 amide bonds. The molecule has 1 rings (SSSR count). The molecule has 0 bridgehead atoms. The van der Waals surface area contributed by atoms with E-state index in [1.165, 1.54) is 0 Å². The molecule has 106 valence electrons. The molecule has 0 aliphatic carbocycles. The largest absolute Gasteiger partial charge is 0.492 e. The number of benzene rings is 1. The van der Waals surface area contributed by atoms with Gasteiger partial charge < -0.3 is 14.7 Å². The Bertz CT molecular complexity index is 387. The minimum atomic E-state index is -0.816. The van der Waals surface area contributed by atoms with Gasteiger partial charge in [0.1, 0.15) is 12.4 Å². The van der Waals surface area contributed by atoms with Crippen LogP contribution in [-0.2, 0) is 11.2 Å². The van der Waals surface area contributed by atoms with Crippen LogP contribution in [0.3, 0.4) is 0 Å². The van der Waals surface area contributed by atoms with Crippen LogP contribution in [-0.4, -0.2) is 42.7 Å². The predicted octanol–water partition coefficient (Wildman–Crippen LogP) is 2.28. The molecule has 4 nitrogen and oxygen atoms in total. The van der Waals surface area contributed by atoms with Crippen LogP contribution in [0, 0.1) is 5.92 Å². The van der Waals surface area contributed by atoms with Gasteiger partial charge in [-0.05, 0) is 30.7 Å². The van der Waals surface area contributed by atoms with Crippen molar-refractivity contribution in [1.82, 2.24) is 4.90 Å². The van der Waals surface area contributed by atoms with Crippen LogP contribution in [0.2, 0.25) is 0 Å². The second kappa shape index (κ2) is 7.79. The van der Waals surface area contributed by atoms with E-state index in [-0.39, 0.29) is 6.42 Å². The molecule has 0 fully saturated rings. The first-order chi connectivity index (χ1) is 8.97. The number of nitrogens with zero attached hydrogens (tertiary/aromatic N) is 1. The summed E-state index contributed by atoms with van der Waals surface area (Å²) in [6.07, 6.45) is 0.0530. The van der Waals surface area contributed by atoms with E-state index >= 15 is 0 Å². The Hall–Kier alpha value is -1.55. The lowest BCUT2D eigenvalue weighted by molar-refractivity contribution is -0.136. The van der Waals surface area contributed by atoms with Crippen molar-refractivity contribution in [3.8, 4) is 5.75 Å². The molecule has 0 radical (unpaired) electrons. The van der Waals surface area contributed by atoms with Crippen molar-refractivity contribution >= 4 is 5.97 Å². The van der Waals surface area contributed by atoms with Crippen molar-refractivity contribution in [2.24, 2.45) is 5.92 Å². The van der Waals surface area contributed by atoms with E-state index in [0.29, 0.717) is 12.5 Å². The molecule has 0 atom stereocenters. The third-order valence-corrected chi connectivity index (χ3v) is 2.70. The second-order valence-electron chi connectivity index (χ2n) is 5.22. The van der Waals surface area contributed by atoms with E-state index in [4.69, 9.17) is 9.84 Å². The second-order valence-corrected chi connectivity index (χ2v) is 5.22. The summed E-state index contributed by atoms with van der Waals surface area (Å²) >= 11 is 0. The average molecular weight is 265 g/mol. The van der Waals surface area contributed by atoms with Gasteiger partial charge in [-0.25, -0.2) is 0 Å². The van der Waals surface area contributed by atoms with Crippen molar-refractivity contribution in [2.75, 3.05) is 26.7 Å². The minimum Gasteiger partial charge on any atom is -0.492 e. The molecule has 0 saturated carbocycles. The number of aliphatic carboxylic acids is 1. The molecule has 0 spiro atoms. The van der Waals surface area contributed by atoms with Crippen molar-refractivity contribution in [2.45, 2.75) is 20.3 Å². The zero-order chi connectivity index (χ0) is 14.3. The predicted molar refractivity (Wildman–Crippen MR) is 75.6 cm³/mol. The Morgan fingerprint density at radius 1 is 1.32 bits per heavy atom. The van der Waals surface area contributed by atoms with Crippen LogP contribution in [0.5, 0.6) is 5.75 Å². The SMILES string of the molecule is CC(C)CN(C)CCOc1ccc(CC(=O)O)cc1. The van der Waals surface area contributed by atoms with E-state index in [0.717, 1.165) is 24.4 Å². The van der Waals surface area contributed by atoms with Gasteiger partial charge in [-0.2, -0.15) is 0 Å². The van der Waals surface area contributed by atoms with Gasteiger partial charge >= 0.3 is 5.97 Å². The summed E-state index contributed by atoms with van der Waals surface area (Å²) in [5.41, 5.74) is 0.789. The molecule has 0 aliphatic heterocycles. The van der Waals surface area contributed by atoms with E-state index in [2.05, 4.69) is 25.8 Å². The van der Waals surface area contributed by atoms with Gasteiger partial charge in [-0.3, -0.25) is 4.79 Å². The third-order valence-electron chi connectivity index (χ3n) is 2.70. The maximum atomic E-state index is 10.6. The summed E-state index contributed by atoms with van der Waals surface area (Å²) < 4.78 is 5.63. The van der Waals surface area contributed by atoms with Crippen molar-refractivity contribution in [3.63, 3.8) is 0 Å². The first-order valence-corrected chi connectivity index (χ1v) is 6.59. The Morgan fingerprint density at radius 2 is 1.95 bits per heavy atom. The average Bonchev–Trinajstić information content (AvgIpc) is 2.29. The van der Waals surface area contributed by atoms with Gasteiger partial charge in [0.25, 0.3) is 0 Å². The summed E-state index contributed by atoms with van der Waals surface area (Å²) in [5, 5.41) is 8.67. The highest BCUT2D eigenvalue weighted by atomic mass is 16.5. The number of carboxylic acid groups (broad SMARTS) is 1. The fraction of sp³-hybridized carbons (Fsp3) is 0.533. The third kappa shape index (κ3) is 6.82. The molecule has 0 aliphatic rings.